The second-order valence-corrected chi connectivity index (χ2v) is 6.97. The van der Waals surface area contributed by atoms with E-state index < -0.39 is 9.84 Å². The summed E-state index contributed by atoms with van der Waals surface area (Å²) in [6.45, 7) is 3.29. The highest BCUT2D eigenvalue weighted by molar-refractivity contribution is 7.91. The Bertz CT molecular complexity index is 555. The van der Waals surface area contributed by atoms with Gasteiger partial charge in [0.1, 0.15) is 0 Å². The lowest BCUT2D eigenvalue weighted by atomic mass is 10.2. The number of nitrogens with zero attached hydrogens (tertiary/aromatic N) is 1. The number of rotatable bonds is 8. The van der Waals surface area contributed by atoms with Gasteiger partial charge in [-0.1, -0.05) is 12.1 Å². The highest BCUT2D eigenvalue weighted by Gasteiger charge is 2.16. The highest BCUT2D eigenvalue weighted by Crippen LogP contribution is 2.12. The van der Waals surface area contributed by atoms with Crippen LogP contribution in [-0.4, -0.2) is 51.7 Å². The Morgan fingerprint density at radius 3 is 2.43 bits per heavy atom. The number of carbonyl (C=O) groups excluding carboxylic acids is 1. The van der Waals surface area contributed by atoms with Gasteiger partial charge in [-0.3, -0.25) is 9.69 Å². The quantitative estimate of drug-likeness (QED) is 0.704. The van der Waals surface area contributed by atoms with Crippen LogP contribution in [0.2, 0.25) is 0 Å². The zero-order valence-corrected chi connectivity index (χ0v) is 13.3. The average molecular weight is 313 g/mol. The van der Waals surface area contributed by atoms with Crippen molar-refractivity contribution in [1.82, 2.24) is 10.2 Å². The summed E-state index contributed by atoms with van der Waals surface area (Å²) in [4.78, 5) is 13.4. The van der Waals surface area contributed by atoms with Crippen LogP contribution in [-0.2, 0) is 21.2 Å². The van der Waals surface area contributed by atoms with Gasteiger partial charge in [0, 0.05) is 19.6 Å². The molecule has 3 N–H and O–H groups in total. The number of carbonyl (C=O) groups is 1. The summed E-state index contributed by atoms with van der Waals surface area (Å²) in [6.07, 6.45) is 0. The van der Waals surface area contributed by atoms with E-state index in [0.717, 1.165) is 5.56 Å². The minimum absolute atomic E-state index is 0.0229. The summed E-state index contributed by atoms with van der Waals surface area (Å²) in [5.41, 5.74) is 6.38. The Morgan fingerprint density at radius 2 is 1.90 bits per heavy atom. The summed E-state index contributed by atoms with van der Waals surface area (Å²) in [5, 5.41) is 2.68. The van der Waals surface area contributed by atoms with Crippen molar-refractivity contribution >= 4 is 15.7 Å². The van der Waals surface area contributed by atoms with E-state index in [2.05, 4.69) is 5.32 Å². The van der Waals surface area contributed by atoms with E-state index in [1.165, 1.54) is 0 Å². The molecule has 0 fully saturated rings. The zero-order chi connectivity index (χ0) is 15.9. The van der Waals surface area contributed by atoms with Crippen molar-refractivity contribution in [2.24, 2.45) is 5.73 Å². The predicted octanol–water partition coefficient (Wildman–Crippen LogP) is -0.0131. The molecular formula is C14H23N3O3S. The molecule has 0 spiro atoms. The third-order valence-corrected chi connectivity index (χ3v) is 4.76. The number of nitrogens with two attached hydrogens (primary N) is 1. The molecule has 0 aliphatic rings. The molecule has 0 saturated heterocycles. The van der Waals surface area contributed by atoms with Gasteiger partial charge in [-0.2, -0.15) is 0 Å². The summed E-state index contributed by atoms with van der Waals surface area (Å²) in [5.74, 6) is -0.130. The lowest BCUT2D eigenvalue weighted by Gasteiger charge is -2.16. The molecule has 0 radical (unpaired) electrons. The molecule has 1 rings (SSSR count). The van der Waals surface area contributed by atoms with Gasteiger partial charge in [-0.15, -0.1) is 0 Å². The van der Waals surface area contributed by atoms with E-state index in [-0.39, 0.29) is 23.1 Å². The molecule has 1 aromatic carbocycles. The molecule has 0 aromatic heterocycles. The largest absolute Gasteiger partial charge is 0.355 e. The maximum absolute atomic E-state index is 12.2. The Balaban J connectivity index is 2.57. The number of hydrogen-bond acceptors (Lipinski definition) is 5. The summed E-state index contributed by atoms with van der Waals surface area (Å²) in [7, 11) is -1.62. The molecule has 0 unspecified atom stereocenters. The van der Waals surface area contributed by atoms with Crippen LogP contribution in [0, 0.1) is 0 Å². The maximum Gasteiger partial charge on any atom is 0.234 e. The summed E-state index contributed by atoms with van der Waals surface area (Å²) >= 11 is 0. The van der Waals surface area contributed by atoms with Gasteiger partial charge >= 0.3 is 0 Å². The second-order valence-electron chi connectivity index (χ2n) is 4.86. The molecule has 7 heteroatoms. The van der Waals surface area contributed by atoms with Gasteiger partial charge < -0.3 is 11.1 Å². The standard InChI is InChI=1S/C14H23N3O3S/c1-3-16-14(18)11-17(2)8-9-21(19,20)13-6-4-12(10-15)5-7-13/h4-7H,3,8-11,15H2,1-2H3,(H,16,18). The fourth-order valence-electron chi connectivity index (χ4n) is 1.80. The minimum atomic E-state index is -3.34. The Morgan fingerprint density at radius 1 is 1.29 bits per heavy atom. The first-order chi connectivity index (χ1) is 9.89. The van der Waals surface area contributed by atoms with Crippen LogP contribution in [0.1, 0.15) is 12.5 Å². The Kier molecular flexibility index (Phi) is 6.80. The normalized spacial score (nSPS) is 11.6. The number of likely N-dealkylation sites (N-methyl/N-ethyl adjacent to an activating group) is 2. The van der Waals surface area contributed by atoms with Crippen LogP contribution < -0.4 is 11.1 Å². The van der Waals surface area contributed by atoms with E-state index in [0.29, 0.717) is 19.6 Å². The molecule has 0 heterocycles. The van der Waals surface area contributed by atoms with Crippen molar-refractivity contribution in [2.45, 2.75) is 18.4 Å². The van der Waals surface area contributed by atoms with Crippen molar-refractivity contribution in [3.63, 3.8) is 0 Å². The Labute approximate surface area is 126 Å². The minimum Gasteiger partial charge on any atom is -0.355 e. The van der Waals surface area contributed by atoms with Crippen LogP contribution in [0.4, 0.5) is 0 Å². The number of nitrogens with one attached hydrogen (secondary N) is 1. The second kappa shape index (κ2) is 8.11. The molecule has 1 aromatic rings. The first-order valence-electron chi connectivity index (χ1n) is 6.86. The van der Waals surface area contributed by atoms with Gasteiger partial charge in [-0.25, -0.2) is 8.42 Å². The van der Waals surface area contributed by atoms with Crippen LogP contribution in [0.25, 0.3) is 0 Å². The van der Waals surface area contributed by atoms with Crippen LogP contribution in [0.3, 0.4) is 0 Å². The molecule has 1 amide bonds. The molecule has 0 aliphatic heterocycles. The number of sulfone groups is 1. The molecule has 0 aliphatic carbocycles. The van der Waals surface area contributed by atoms with E-state index in [9.17, 15) is 13.2 Å². The fourth-order valence-corrected chi connectivity index (χ4v) is 3.14. The fraction of sp³-hybridized carbons (Fsp3) is 0.500. The highest BCUT2D eigenvalue weighted by atomic mass is 32.2. The third kappa shape index (κ3) is 5.82. The van der Waals surface area contributed by atoms with Crippen LogP contribution >= 0.6 is 0 Å². The lowest BCUT2D eigenvalue weighted by Crippen LogP contribution is -2.37. The molecule has 0 saturated carbocycles. The van der Waals surface area contributed by atoms with Gasteiger partial charge in [0.05, 0.1) is 17.2 Å². The smallest absolute Gasteiger partial charge is 0.234 e. The maximum atomic E-state index is 12.2. The van der Waals surface area contributed by atoms with E-state index in [4.69, 9.17) is 5.73 Å². The summed E-state index contributed by atoms with van der Waals surface area (Å²) < 4.78 is 24.4. The monoisotopic (exact) mass is 313 g/mol. The van der Waals surface area contributed by atoms with Gasteiger partial charge in [0.15, 0.2) is 9.84 Å². The SMILES string of the molecule is CCNC(=O)CN(C)CCS(=O)(=O)c1ccc(CN)cc1. The van der Waals surface area contributed by atoms with Crippen LogP contribution in [0.15, 0.2) is 29.2 Å². The predicted molar refractivity (Wildman–Crippen MR) is 82.6 cm³/mol. The first kappa shape index (κ1) is 17.6. The average Bonchev–Trinajstić information content (AvgIpc) is 2.45. The van der Waals surface area contributed by atoms with Crippen molar-refractivity contribution in [2.75, 3.05) is 32.4 Å². The van der Waals surface area contributed by atoms with Gasteiger partial charge in [0.25, 0.3) is 0 Å². The van der Waals surface area contributed by atoms with Gasteiger partial charge in [0.2, 0.25) is 5.91 Å². The van der Waals surface area contributed by atoms with E-state index >= 15 is 0 Å². The van der Waals surface area contributed by atoms with Gasteiger partial charge in [-0.05, 0) is 31.7 Å². The molecule has 6 nitrogen and oxygen atoms in total. The molecule has 21 heavy (non-hydrogen) atoms. The van der Waals surface area contributed by atoms with Crippen molar-refractivity contribution in [1.29, 1.82) is 0 Å². The summed E-state index contributed by atoms with van der Waals surface area (Å²) in [6, 6.07) is 6.57. The van der Waals surface area contributed by atoms with Crippen molar-refractivity contribution in [3.05, 3.63) is 29.8 Å². The molecular weight excluding hydrogens is 290 g/mol. The number of hydrogen-bond donors (Lipinski definition) is 2. The zero-order valence-electron chi connectivity index (χ0n) is 12.5. The van der Waals surface area contributed by atoms with E-state index in [1.54, 1.807) is 36.2 Å². The first-order valence-corrected chi connectivity index (χ1v) is 8.51. The van der Waals surface area contributed by atoms with Crippen molar-refractivity contribution in [3.8, 4) is 0 Å². The molecule has 0 atom stereocenters. The number of benzene rings is 1. The topological polar surface area (TPSA) is 92.5 Å². The van der Waals surface area contributed by atoms with Crippen molar-refractivity contribution < 1.29 is 13.2 Å². The number of amides is 1. The molecule has 118 valence electrons. The Hall–Kier alpha value is -1.44. The van der Waals surface area contributed by atoms with E-state index in [1.807, 2.05) is 6.92 Å². The van der Waals surface area contributed by atoms with Crippen LogP contribution in [0.5, 0.6) is 0 Å². The third-order valence-electron chi connectivity index (χ3n) is 3.05. The molecule has 0 bridgehead atoms. The lowest BCUT2D eigenvalue weighted by molar-refractivity contribution is -0.121.